The Labute approximate surface area is 190 Å². The van der Waals surface area contributed by atoms with Gasteiger partial charge in [0.15, 0.2) is 0 Å². The first kappa shape index (κ1) is 27.5. The van der Waals surface area contributed by atoms with Gasteiger partial charge in [-0.1, -0.05) is 46.0 Å². The largest absolute Gasteiger partial charge is 0.469 e. The summed E-state index contributed by atoms with van der Waals surface area (Å²) < 4.78 is 16.4. The first-order chi connectivity index (χ1) is 14.1. The van der Waals surface area contributed by atoms with Crippen molar-refractivity contribution >= 4 is 11.9 Å². The Morgan fingerprint density at radius 3 is 2.23 bits per heavy atom. The van der Waals surface area contributed by atoms with E-state index < -0.39 is 16.2 Å². The molecule has 1 aliphatic rings. The molecule has 178 valence electrons. The topological polar surface area (TPSA) is 61.8 Å². The fourth-order valence-electron chi connectivity index (χ4n) is 4.75. The molecule has 0 N–H and O–H groups in total. The van der Waals surface area contributed by atoms with Crippen LogP contribution >= 0.6 is 0 Å². The lowest BCUT2D eigenvalue weighted by atomic mass is 9.60. The molecule has 3 atom stereocenters. The molecule has 0 radical (unpaired) electrons. The van der Waals surface area contributed by atoms with Crippen LogP contribution in [0.25, 0.3) is 0 Å². The number of carbonyl (C=O) groups is 2. The number of hydrogen-bond acceptors (Lipinski definition) is 5. The molecular weight excluding hydrogens is 392 g/mol. The molecule has 0 aromatic rings. The summed E-state index contributed by atoms with van der Waals surface area (Å²) in [7, 11) is 3.05. The molecule has 0 aromatic heterocycles. The van der Waals surface area contributed by atoms with Crippen LogP contribution in [0.5, 0.6) is 0 Å². The van der Waals surface area contributed by atoms with E-state index >= 15 is 0 Å². The molecule has 0 amide bonds. The maximum atomic E-state index is 13.0. The lowest BCUT2D eigenvalue weighted by Crippen LogP contribution is -2.50. The van der Waals surface area contributed by atoms with Gasteiger partial charge < -0.3 is 14.2 Å². The molecule has 1 rings (SSSR count). The SMILES string of the molecule is CCC(C)(C)C#CC1(COC)COC(=O)C(C)(CC(C)(CC(C)(C)CC)C(=O)OC)C1. The van der Waals surface area contributed by atoms with Crippen molar-refractivity contribution in [2.45, 2.75) is 87.5 Å². The fraction of sp³-hybridized carbons (Fsp3) is 0.846. The Morgan fingerprint density at radius 2 is 1.74 bits per heavy atom. The number of cyclic esters (lactones) is 1. The van der Waals surface area contributed by atoms with E-state index in [1.165, 1.54) is 7.11 Å². The second-order valence-corrected chi connectivity index (χ2v) is 11.4. The van der Waals surface area contributed by atoms with Gasteiger partial charge in [0.25, 0.3) is 0 Å². The minimum Gasteiger partial charge on any atom is -0.469 e. The van der Waals surface area contributed by atoms with E-state index in [1.54, 1.807) is 7.11 Å². The molecule has 31 heavy (non-hydrogen) atoms. The van der Waals surface area contributed by atoms with Crippen molar-refractivity contribution in [3.8, 4) is 11.8 Å². The minimum atomic E-state index is -0.866. The highest BCUT2D eigenvalue weighted by Gasteiger charge is 2.54. The van der Waals surface area contributed by atoms with Crippen molar-refractivity contribution in [3.05, 3.63) is 0 Å². The number of hydrogen-bond donors (Lipinski definition) is 0. The summed E-state index contributed by atoms with van der Waals surface area (Å²) in [6, 6.07) is 0. The molecule has 1 aliphatic heterocycles. The van der Waals surface area contributed by atoms with Crippen LogP contribution in [0.3, 0.4) is 0 Å². The highest BCUT2D eigenvalue weighted by atomic mass is 16.5. The molecule has 1 fully saturated rings. The zero-order chi connectivity index (χ0) is 24.1. The van der Waals surface area contributed by atoms with E-state index in [4.69, 9.17) is 14.2 Å². The molecule has 5 nitrogen and oxygen atoms in total. The molecule has 0 aromatic carbocycles. The van der Waals surface area contributed by atoms with E-state index in [9.17, 15) is 9.59 Å². The van der Waals surface area contributed by atoms with Gasteiger partial charge >= 0.3 is 11.9 Å². The van der Waals surface area contributed by atoms with Gasteiger partial charge in [-0.25, -0.2) is 0 Å². The molecule has 0 bridgehead atoms. The summed E-state index contributed by atoms with van der Waals surface area (Å²) >= 11 is 0. The van der Waals surface area contributed by atoms with Crippen LogP contribution < -0.4 is 0 Å². The summed E-state index contributed by atoms with van der Waals surface area (Å²) in [5.74, 6) is 6.25. The van der Waals surface area contributed by atoms with Crippen molar-refractivity contribution in [1.29, 1.82) is 0 Å². The molecule has 0 aliphatic carbocycles. The molecule has 1 heterocycles. The smallest absolute Gasteiger partial charge is 0.311 e. The molecule has 1 saturated heterocycles. The van der Waals surface area contributed by atoms with E-state index in [2.05, 4.69) is 53.4 Å². The van der Waals surface area contributed by atoms with E-state index in [-0.39, 0.29) is 29.4 Å². The minimum absolute atomic E-state index is 0.0631. The quantitative estimate of drug-likeness (QED) is 0.357. The Morgan fingerprint density at radius 1 is 1.13 bits per heavy atom. The fourth-order valence-corrected chi connectivity index (χ4v) is 4.75. The van der Waals surface area contributed by atoms with Crippen LogP contribution in [0.15, 0.2) is 0 Å². The third-order valence-electron chi connectivity index (χ3n) is 6.96. The standard InChI is InChI=1S/C26H44O5/c1-11-22(3,4)13-14-26(18-29-9)17-25(8,21(28)31-19-26)16-24(7,20(27)30-10)15-23(5,6)12-2/h11-12,15-19H2,1-10H3. The first-order valence-electron chi connectivity index (χ1n) is 11.4. The van der Waals surface area contributed by atoms with Crippen LogP contribution in [0.2, 0.25) is 0 Å². The van der Waals surface area contributed by atoms with Gasteiger partial charge in [-0.3, -0.25) is 9.59 Å². The van der Waals surface area contributed by atoms with Gasteiger partial charge in [-0.05, 0) is 58.8 Å². The third-order valence-corrected chi connectivity index (χ3v) is 6.96. The zero-order valence-corrected chi connectivity index (χ0v) is 21.5. The average molecular weight is 437 g/mol. The number of carbonyl (C=O) groups excluding carboxylic acids is 2. The summed E-state index contributed by atoms with van der Waals surface area (Å²) in [5.41, 5.74) is -2.47. The van der Waals surface area contributed by atoms with E-state index in [0.717, 1.165) is 12.8 Å². The van der Waals surface area contributed by atoms with Gasteiger partial charge in [-0.15, -0.1) is 0 Å². The Bertz CT molecular complexity index is 713. The predicted molar refractivity (Wildman–Crippen MR) is 123 cm³/mol. The average Bonchev–Trinajstić information content (AvgIpc) is 2.68. The van der Waals surface area contributed by atoms with Crippen LogP contribution in [0.1, 0.15) is 87.5 Å². The van der Waals surface area contributed by atoms with Crippen molar-refractivity contribution in [2.75, 3.05) is 27.4 Å². The highest BCUT2D eigenvalue weighted by molar-refractivity contribution is 5.81. The maximum Gasteiger partial charge on any atom is 0.311 e. The van der Waals surface area contributed by atoms with Crippen molar-refractivity contribution in [3.63, 3.8) is 0 Å². The normalized spacial score (nSPS) is 26.3. The third kappa shape index (κ3) is 6.97. The molecule has 5 heteroatoms. The highest BCUT2D eigenvalue weighted by Crippen LogP contribution is 2.50. The second kappa shape index (κ2) is 9.94. The van der Waals surface area contributed by atoms with Crippen molar-refractivity contribution in [2.24, 2.45) is 27.1 Å². The van der Waals surface area contributed by atoms with Crippen molar-refractivity contribution < 1.29 is 23.8 Å². The number of esters is 2. The summed E-state index contributed by atoms with van der Waals surface area (Å²) in [6.45, 7) is 17.1. The molecule has 0 spiro atoms. The molecule has 0 saturated carbocycles. The first-order valence-corrected chi connectivity index (χ1v) is 11.4. The lowest BCUT2D eigenvalue weighted by Gasteiger charge is -2.46. The van der Waals surface area contributed by atoms with Gasteiger partial charge in [0.05, 0.1) is 30.0 Å². The zero-order valence-electron chi connectivity index (χ0n) is 21.5. The monoisotopic (exact) mass is 436 g/mol. The lowest BCUT2D eigenvalue weighted by molar-refractivity contribution is -0.178. The Hall–Kier alpha value is -1.54. The summed E-state index contributed by atoms with van der Waals surface area (Å²) in [5, 5.41) is 0. The van der Waals surface area contributed by atoms with Crippen LogP contribution in [0, 0.1) is 38.9 Å². The number of ether oxygens (including phenoxy) is 3. The predicted octanol–water partition coefficient (Wildman–Crippen LogP) is 5.41. The number of rotatable bonds is 9. The van der Waals surface area contributed by atoms with E-state index in [0.29, 0.717) is 25.9 Å². The van der Waals surface area contributed by atoms with Gasteiger partial charge in [0.1, 0.15) is 6.61 Å². The van der Waals surface area contributed by atoms with Gasteiger partial charge in [-0.2, -0.15) is 0 Å². The maximum absolute atomic E-state index is 13.0. The van der Waals surface area contributed by atoms with Crippen LogP contribution in [-0.4, -0.2) is 39.4 Å². The van der Waals surface area contributed by atoms with Crippen LogP contribution in [0.4, 0.5) is 0 Å². The van der Waals surface area contributed by atoms with Gasteiger partial charge in [0.2, 0.25) is 0 Å². The van der Waals surface area contributed by atoms with Gasteiger partial charge in [0, 0.05) is 12.5 Å². The second-order valence-electron chi connectivity index (χ2n) is 11.4. The molecular formula is C26H44O5. The molecule has 3 unspecified atom stereocenters. The summed E-state index contributed by atoms with van der Waals surface area (Å²) in [4.78, 5) is 25.9. The number of methoxy groups -OCH3 is 2. The summed E-state index contributed by atoms with van der Waals surface area (Å²) in [6.07, 6.45) is 3.30. The Kier molecular flexibility index (Phi) is 8.82. The Balaban J connectivity index is 3.39. The van der Waals surface area contributed by atoms with Crippen LogP contribution in [-0.2, 0) is 23.8 Å². The van der Waals surface area contributed by atoms with Crippen molar-refractivity contribution in [1.82, 2.24) is 0 Å². The van der Waals surface area contributed by atoms with E-state index in [1.807, 2.05) is 13.8 Å².